The molecule has 0 saturated carbocycles. The van der Waals surface area contributed by atoms with Crippen LogP contribution in [0.3, 0.4) is 0 Å². The molecule has 1 amide bonds. The van der Waals surface area contributed by atoms with Gasteiger partial charge in [-0.2, -0.15) is 0 Å². The van der Waals surface area contributed by atoms with Gasteiger partial charge in [0, 0.05) is 0 Å². The molecule has 1 fully saturated rings. The van der Waals surface area contributed by atoms with Crippen LogP contribution in [-0.4, -0.2) is 23.6 Å². The number of phenolic OH excluding ortho intramolecular Hbond substituents is 1. The zero-order valence-corrected chi connectivity index (χ0v) is 10.7. The Kier molecular flexibility index (Phi) is 4.20. The Morgan fingerprint density at radius 1 is 1.39 bits per heavy atom. The van der Waals surface area contributed by atoms with Crippen molar-refractivity contribution in [3.63, 3.8) is 0 Å². The minimum absolute atomic E-state index is 0.0576. The van der Waals surface area contributed by atoms with E-state index in [2.05, 4.69) is 10.6 Å². The highest BCUT2D eigenvalue weighted by atomic mass is 16.3. The van der Waals surface area contributed by atoms with Crippen LogP contribution < -0.4 is 10.6 Å². The Balaban J connectivity index is 2.03. The second kappa shape index (κ2) is 5.87. The lowest BCUT2D eigenvalue weighted by molar-refractivity contribution is -0.118. The minimum Gasteiger partial charge on any atom is -0.506 e. The lowest BCUT2D eigenvalue weighted by Crippen LogP contribution is -2.39. The molecular weight excluding hydrogens is 228 g/mol. The van der Waals surface area contributed by atoms with Crippen LogP contribution in [0.15, 0.2) is 18.2 Å². The Bertz CT molecular complexity index is 424. The average molecular weight is 248 g/mol. The van der Waals surface area contributed by atoms with Crippen molar-refractivity contribution in [3.8, 4) is 5.75 Å². The van der Waals surface area contributed by atoms with Crippen LogP contribution in [0.1, 0.15) is 31.2 Å². The summed E-state index contributed by atoms with van der Waals surface area (Å²) in [6, 6.07) is 5.05. The Hall–Kier alpha value is -1.55. The third kappa shape index (κ3) is 3.23. The Morgan fingerprint density at radius 2 is 2.22 bits per heavy atom. The molecule has 3 N–H and O–H groups in total. The van der Waals surface area contributed by atoms with Gasteiger partial charge < -0.3 is 15.7 Å². The smallest absolute Gasteiger partial charge is 0.241 e. The minimum atomic E-state index is -0.146. The standard InChI is InChI=1S/C14H20N2O2/c1-10-6-7-13(17)12(9-10)16-14(18)11-5-3-2-4-8-15-11/h6-7,9,11,15,17H,2-5,8H2,1H3,(H,16,18). The summed E-state index contributed by atoms with van der Waals surface area (Å²) in [5.41, 5.74) is 1.50. The number of aromatic hydroxyl groups is 1. The van der Waals surface area contributed by atoms with Gasteiger partial charge in [-0.15, -0.1) is 0 Å². The fraction of sp³-hybridized carbons (Fsp3) is 0.500. The van der Waals surface area contributed by atoms with Crippen molar-refractivity contribution in [2.24, 2.45) is 0 Å². The summed E-state index contributed by atoms with van der Waals surface area (Å²) in [4.78, 5) is 12.1. The average Bonchev–Trinajstić information content (AvgIpc) is 2.62. The van der Waals surface area contributed by atoms with Crippen molar-refractivity contribution in [1.82, 2.24) is 5.32 Å². The molecule has 0 radical (unpaired) electrons. The summed E-state index contributed by atoms with van der Waals surface area (Å²) in [7, 11) is 0. The van der Waals surface area contributed by atoms with Gasteiger partial charge in [0.05, 0.1) is 11.7 Å². The second-order valence-corrected chi connectivity index (χ2v) is 4.87. The van der Waals surface area contributed by atoms with E-state index in [1.807, 2.05) is 13.0 Å². The van der Waals surface area contributed by atoms with Gasteiger partial charge in [-0.3, -0.25) is 4.79 Å². The van der Waals surface area contributed by atoms with Gasteiger partial charge in [-0.25, -0.2) is 0 Å². The molecule has 1 aromatic rings. The third-order valence-corrected chi connectivity index (χ3v) is 3.29. The summed E-state index contributed by atoms with van der Waals surface area (Å²) in [5, 5.41) is 15.7. The summed E-state index contributed by atoms with van der Waals surface area (Å²) in [5.74, 6) is 0.0559. The van der Waals surface area contributed by atoms with E-state index >= 15 is 0 Å². The van der Waals surface area contributed by atoms with Gasteiger partial charge in [-0.1, -0.05) is 18.9 Å². The number of anilines is 1. The van der Waals surface area contributed by atoms with Gasteiger partial charge in [0.15, 0.2) is 0 Å². The zero-order valence-electron chi connectivity index (χ0n) is 10.7. The van der Waals surface area contributed by atoms with E-state index < -0.39 is 0 Å². The van der Waals surface area contributed by atoms with Crippen LogP contribution in [0.5, 0.6) is 5.75 Å². The molecular formula is C14H20N2O2. The van der Waals surface area contributed by atoms with E-state index in [-0.39, 0.29) is 17.7 Å². The van der Waals surface area contributed by atoms with Gasteiger partial charge in [-0.05, 0) is 44.0 Å². The van der Waals surface area contributed by atoms with E-state index in [1.54, 1.807) is 12.1 Å². The largest absolute Gasteiger partial charge is 0.506 e. The highest BCUT2D eigenvalue weighted by molar-refractivity contribution is 5.96. The normalized spacial score (nSPS) is 20.2. The highest BCUT2D eigenvalue weighted by Gasteiger charge is 2.20. The van der Waals surface area contributed by atoms with E-state index in [9.17, 15) is 9.90 Å². The van der Waals surface area contributed by atoms with Crippen LogP contribution in [0.25, 0.3) is 0 Å². The van der Waals surface area contributed by atoms with Crippen LogP contribution in [0, 0.1) is 6.92 Å². The number of nitrogens with one attached hydrogen (secondary N) is 2. The zero-order chi connectivity index (χ0) is 13.0. The lowest BCUT2D eigenvalue weighted by Gasteiger charge is -2.16. The maximum Gasteiger partial charge on any atom is 0.241 e. The number of carbonyl (C=O) groups is 1. The predicted molar refractivity (Wildman–Crippen MR) is 71.7 cm³/mol. The number of carbonyl (C=O) groups excluding carboxylic acids is 1. The number of benzene rings is 1. The molecule has 18 heavy (non-hydrogen) atoms. The molecule has 1 heterocycles. The lowest BCUT2D eigenvalue weighted by atomic mass is 10.1. The summed E-state index contributed by atoms with van der Waals surface area (Å²) in [6.45, 7) is 2.82. The predicted octanol–water partition coefficient (Wildman–Crippen LogP) is 2.17. The summed E-state index contributed by atoms with van der Waals surface area (Å²) >= 11 is 0. The second-order valence-electron chi connectivity index (χ2n) is 4.87. The van der Waals surface area contributed by atoms with Gasteiger partial charge in [0.2, 0.25) is 5.91 Å². The highest BCUT2D eigenvalue weighted by Crippen LogP contribution is 2.24. The number of phenols is 1. The van der Waals surface area contributed by atoms with Crippen LogP contribution in [0.4, 0.5) is 5.69 Å². The molecule has 1 unspecified atom stereocenters. The first kappa shape index (κ1) is 12.9. The van der Waals surface area contributed by atoms with Gasteiger partial charge in [0.1, 0.15) is 5.75 Å². The molecule has 0 bridgehead atoms. The summed E-state index contributed by atoms with van der Waals surface area (Å²) < 4.78 is 0. The SMILES string of the molecule is Cc1ccc(O)c(NC(=O)C2CCCCCN2)c1. The molecule has 1 atom stereocenters. The van der Waals surface area contributed by atoms with Crippen molar-refractivity contribution in [2.45, 2.75) is 38.6 Å². The Labute approximate surface area is 107 Å². The fourth-order valence-corrected chi connectivity index (χ4v) is 2.22. The number of hydrogen-bond donors (Lipinski definition) is 3. The Morgan fingerprint density at radius 3 is 3.06 bits per heavy atom. The van der Waals surface area contributed by atoms with Gasteiger partial charge in [0.25, 0.3) is 0 Å². The molecule has 1 aliphatic heterocycles. The first-order chi connectivity index (χ1) is 8.66. The third-order valence-electron chi connectivity index (χ3n) is 3.29. The monoisotopic (exact) mass is 248 g/mol. The van der Waals surface area contributed by atoms with E-state index in [1.165, 1.54) is 6.42 Å². The maximum atomic E-state index is 12.1. The van der Waals surface area contributed by atoms with Crippen LogP contribution >= 0.6 is 0 Å². The summed E-state index contributed by atoms with van der Waals surface area (Å²) in [6.07, 6.45) is 4.23. The van der Waals surface area contributed by atoms with E-state index in [4.69, 9.17) is 0 Å². The number of rotatable bonds is 2. The molecule has 0 spiro atoms. The number of amides is 1. The molecule has 1 aromatic carbocycles. The quantitative estimate of drug-likeness (QED) is 0.703. The first-order valence-corrected chi connectivity index (χ1v) is 6.50. The molecule has 4 heteroatoms. The van der Waals surface area contributed by atoms with E-state index in [0.29, 0.717) is 5.69 Å². The topological polar surface area (TPSA) is 61.4 Å². The molecule has 0 aliphatic carbocycles. The maximum absolute atomic E-state index is 12.1. The van der Waals surface area contributed by atoms with Gasteiger partial charge >= 0.3 is 0 Å². The van der Waals surface area contributed by atoms with Crippen molar-refractivity contribution >= 4 is 11.6 Å². The van der Waals surface area contributed by atoms with Crippen LogP contribution in [-0.2, 0) is 4.79 Å². The molecule has 2 rings (SSSR count). The number of hydrogen-bond acceptors (Lipinski definition) is 3. The molecule has 98 valence electrons. The van der Waals surface area contributed by atoms with Crippen molar-refractivity contribution in [2.75, 3.05) is 11.9 Å². The van der Waals surface area contributed by atoms with Crippen molar-refractivity contribution in [3.05, 3.63) is 23.8 Å². The molecule has 0 aromatic heterocycles. The number of aryl methyl sites for hydroxylation is 1. The van der Waals surface area contributed by atoms with Crippen molar-refractivity contribution in [1.29, 1.82) is 0 Å². The van der Waals surface area contributed by atoms with Crippen molar-refractivity contribution < 1.29 is 9.90 Å². The fourth-order valence-electron chi connectivity index (χ4n) is 2.22. The first-order valence-electron chi connectivity index (χ1n) is 6.50. The van der Waals surface area contributed by atoms with Crippen LogP contribution in [0.2, 0.25) is 0 Å². The molecule has 1 aliphatic rings. The van der Waals surface area contributed by atoms with E-state index in [0.717, 1.165) is 31.4 Å². The molecule has 4 nitrogen and oxygen atoms in total. The molecule has 1 saturated heterocycles.